The first kappa shape index (κ1) is 27.8. The molecule has 8 nitrogen and oxygen atoms in total. The molecule has 1 saturated carbocycles. The highest BCUT2D eigenvalue weighted by molar-refractivity contribution is 6.03. The van der Waals surface area contributed by atoms with Gasteiger partial charge in [0, 0.05) is 49.7 Å². The molecule has 0 radical (unpaired) electrons. The molecule has 0 unspecified atom stereocenters. The molecule has 3 amide bonds. The Morgan fingerprint density at radius 3 is 2.56 bits per heavy atom. The molecule has 1 aromatic heterocycles. The maximum absolute atomic E-state index is 14.4. The topological polar surface area (TPSA) is 106 Å². The van der Waals surface area contributed by atoms with Crippen molar-refractivity contribution < 1.29 is 27.6 Å². The van der Waals surface area contributed by atoms with Gasteiger partial charge < -0.3 is 5.32 Å². The Morgan fingerprint density at radius 2 is 1.88 bits per heavy atom. The van der Waals surface area contributed by atoms with Crippen molar-refractivity contribution in [3.63, 3.8) is 0 Å². The van der Waals surface area contributed by atoms with Crippen molar-refractivity contribution in [2.75, 3.05) is 9.80 Å². The van der Waals surface area contributed by atoms with Crippen LogP contribution in [0, 0.1) is 17.1 Å². The summed E-state index contributed by atoms with van der Waals surface area (Å²) in [4.78, 5) is 47.3. The van der Waals surface area contributed by atoms with Gasteiger partial charge in [0.15, 0.2) is 0 Å². The molecule has 41 heavy (non-hydrogen) atoms. The number of benzene rings is 2. The van der Waals surface area contributed by atoms with E-state index in [2.05, 4.69) is 10.3 Å². The van der Waals surface area contributed by atoms with Crippen LogP contribution in [0.1, 0.15) is 49.3 Å². The molecule has 1 aliphatic heterocycles. The van der Waals surface area contributed by atoms with Gasteiger partial charge in [0.05, 0.1) is 11.6 Å². The summed E-state index contributed by atoms with van der Waals surface area (Å²) in [5.41, 5.74) is 0.790. The lowest BCUT2D eigenvalue weighted by molar-refractivity contribution is -0.133. The van der Waals surface area contributed by atoms with E-state index in [1.54, 1.807) is 30.3 Å². The Balaban J connectivity index is 1.50. The van der Waals surface area contributed by atoms with Gasteiger partial charge in [-0.2, -0.15) is 5.26 Å². The van der Waals surface area contributed by atoms with Gasteiger partial charge in [-0.3, -0.25) is 24.2 Å². The SMILES string of the molecule is N#Cc1ccnc(N2C(=O)CC[C@H]2CC(=O)N(c2cccc(F)c2)[C@H](C(=O)NC2CC(F)(F)C2)c2ccccc2)c1. The summed E-state index contributed by atoms with van der Waals surface area (Å²) < 4.78 is 41.5. The predicted octanol–water partition coefficient (Wildman–Crippen LogP) is 4.67. The molecule has 5 rings (SSSR count). The van der Waals surface area contributed by atoms with Crippen LogP contribution in [0.3, 0.4) is 0 Å². The Bertz CT molecular complexity index is 1500. The highest BCUT2D eigenvalue weighted by Gasteiger charge is 2.47. The van der Waals surface area contributed by atoms with Crippen LogP contribution in [-0.2, 0) is 14.4 Å². The first-order chi connectivity index (χ1) is 19.6. The first-order valence-electron chi connectivity index (χ1n) is 13.1. The number of halogens is 3. The Kier molecular flexibility index (Phi) is 7.75. The maximum Gasteiger partial charge on any atom is 0.252 e. The van der Waals surface area contributed by atoms with Gasteiger partial charge in [0.1, 0.15) is 17.7 Å². The van der Waals surface area contributed by atoms with Gasteiger partial charge in [-0.25, -0.2) is 18.2 Å². The number of alkyl halides is 2. The fraction of sp³-hybridized carbons (Fsp3) is 0.300. The molecule has 2 heterocycles. The number of nitrogens with zero attached hydrogens (tertiary/aromatic N) is 4. The molecule has 2 fully saturated rings. The highest BCUT2D eigenvalue weighted by Crippen LogP contribution is 2.38. The Hall–Kier alpha value is -4.72. The van der Waals surface area contributed by atoms with E-state index in [1.807, 2.05) is 6.07 Å². The fourth-order valence-electron chi connectivity index (χ4n) is 5.33. The third-order valence-electron chi connectivity index (χ3n) is 7.27. The number of aromatic nitrogens is 1. The molecule has 210 valence electrons. The minimum absolute atomic E-state index is 0.0958. The summed E-state index contributed by atoms with van der Waals surface area (Å²) in [6, 6.07) is 15.8. The van der Waals surface area contributed by atoms with Crippen molar-refractivity contribution in [2.24, 2.45) is 0 Å². The van der Waals surface area contributed by atoms with Crippen LogP contribution in [0.5, 0.6) is 0 Å². The summed E-state index contributed by atoms with van der Waals surface area (Å²) in [7, 11) is 0. The van der Waals surface area contributed by atoms with Crippen molar-refractivity contribution in [2.45, 2.75) is 56.2 Å². The third-order valence-corrected chi connectivity index (χ3v) is 7.27. The van der Waals surface area contributed by atoms with Crippen LogP contribution in [0.15, 0.2) is 72.9 Å². The minimum atomic E-state index is -2.87. The number of carbonyl (C=O) groups excluding carboxylic acids is 3. The largest absolute Gasteiger partial charge is 0.351 e. The smallest absolute Gasteiger partial charge is 0.252 e. The zero-order chi connectivity index (χ0) is 29.1. The number of hydrogen-bond acceptors (Lipinski definition) is 5. The first-order valence-corrected chi connectivity index (χ1v) is 13.1. The number of anilines is 2. The van der Waals surface area contributed by atoms with E-state index in [-0.39, 0.29) is 30.3 Å². The van der Waals surface area contributed by atoms with Gasteiger partial charge in [0.2, 0.25) is 17.7 Å². The Morgan fingerprint density at radius 1 is 1.12 bits per heavy atom. The van der Waals surface area contributed by atoms with E-state index in [0.29, 0.717) is 17.5 Å². The molecule has 2 atom stereocenters. The van der Waals surface area contributed by atoms with E-state index < -0.39 is 54.5 Å². The normalized spacial score (nSPS) is 18.7. The number of carbonyl (C=O) groups is 3. The number of rotatable bonds is 8. The Labute approximate surface area is 234 Å². The van der Waals surface area contributed by atoms with Gasteiger partial charge in [0.25, 0.3) is 5.92 Å². The van der Waals surface area contributed by atoms with Crippen LogP contribution < -0.4 is 15.1 Å². The number of nitrogens with one attached hydrogen (secondary N) is 1. The van der Waals surface area contributed by atoms with Crippen molar-refractivity contribution in [1.29, 1.82) is 5.26 Å². The van der Waals surface area contributed by atoms with E-state index in [0.717, 1.165) is 11.0 Å². The summed E-state index contributed by atoms with van der Waals surface area (Å²) in [5.74, 6) is -4.82. The van der Waals surface area contributed by atoms with E-state index in [4.69, 9.17) is 0 Å². The molecule has 11 heteroatoms. The second-order valence-electron chi connectivity index (χ2n) is 10.2. The lowest BCUT2D eigenvalue weighted by Gasteiger charge is -2.38. The second kappa shape index (κ2) is 11.4. The molecular formula is C30H26F3N5O3. The zero-order valence-electron chi connectivity index (χ0n) is 21.8. The summed E-state index contributed by atoms with van der Waals surface area (Å²) in [6.45, 7) is 0. The number of pyridine rings is 1. The quantitative estimate of drug-likeness (QED) is 0.431. The van der Waals surface area contributed by atoms with Crippen LogP contribution in [0.4, 0.5) is 24.7 Å². The summed E-state index contributed by atoms with van der Waals surface area (Å²) in [5, 5.41) is 11.9. The second-order valence-corrected chi connectivity index (χ2v) is 10.2. The van der Waals surface area contributed by atoms with Crippen molar-refractivity contribution in [3.05, 3.63) is 89.9 Å². The molecular weight excluding hydrogens is 535 g/mol. The van der Waals surface area contributed by atoms with Gasteiger partial charge in [-0.05, 0) is 42.3 Å². The summed E-state index contributed by atoms with van der Waals surface area (Å²) in [6.07, 6.45) is 0.606. The standard InChI is InChI=1S/C30H26F3N5O3/c31-21-7-4-8-23(14-21)38(28(20-5-2-1-3-6-20)29(41)36-22-16-30(32,33)17-22)27(40)15-24-9-10-26(39)37(24)25-13-19(18-34)11-12-35-25/h1-8,11-14,22,24,28H,9-10,15-17H2,(H,36,41)/t24-,28-/m0/s1. The molecule has 3 aromatic rings. The minimum Gasteiger partial charge on any atom is -0.351 e. The van der Waals surface area contributed by atoms with Crippen molar-refractivity contribution in [3.8, 4) is 6.07 Å². The van der Waals surface area contributed by atoms with Crippen LogP contribution in [0.25, 0.3) is 0 Å². The molecule has 0 spiro atoms. The molecule has 2 aromatic carbocycles. The van der Waals surface area contributed by atoms with E-state index in [1.165, 1.54) is 41.4 Å². The monoisotopic (exact) mass is 561 g/mol. The van der Waals surface area contributed by atoms with Gasteiger partial charge >= 0.3 is 0 Å². The van der Waals surface area contributed by atoms with Crippen molar-refractivity contribution in [1.82, 2.24) is 10.3 Å². The number of nitriles is 1. The van der Waals surface area contributed by atoms with Crippen molar-refractivity contribution >= 4 is 29.2 Å². The van der Waals surface area contributed by atoms with Gasteiger partial charge in [-0.15, -0.1) is 0 Å². The summed E-state index contributed by atoms with van der Waals surface area (Å²) >= 11 is 0. The highest BCUT2D eigenvalue weighted by atomic mass is 19.3. The number of hydrogen-bond donors (Lipinski definition) is 1. The van der Waals surface area contributed by atoms with E-state index in [9.17, 15) is 32.8 Å². The number of amides is 3. The fourth-order valence-corrected chi connectivity index (χ4v) is 5.33. The van der Waals surface area contributed by atoms with Crippen LogP contribution >= 0.6 is 0 Å². The lowest BCUT2D eigenvalue weighted by atomic mass is 9.87. The van der Waals surface area contributed by atoms with Gasteiger partial charge in [-0.1, -0.05) is 36.4 Å². The zero-order valence-corrected chi connectivity index (χ0v) is 21.8. The average molecular weight is 562 g/mol. The molecule has 1 N–H and O–H groups in total. The van der Waals surface area contributed by atoms with Crippen LogP contribution in [-0.4, -0.2) is 40.7 Å². The molecule has 2 aliphatic rings. The molecule has 0 bridgehead atoms. The molecule has 1 saturated heterocycles. The lowest BCUT2D eigenvalue weighted by Crippen LogP contribution is -2.54. The average Bonchev–Trinajstić information content (AvgIpc) is 3.30. The predicted molar refractivity (Wildman–Crippen MR) is 143 cm³/mol. The van der Waals surface area contributed by atoms with Crippen LogP contribution in [0.2, 0.25) is 0 Å². The molecule has 1 aliphatic carbocycles. The van der Waals surface area contributed by atoms with E-state index >= 15 is 0 Å². The third kappa shape index (κ3) is 6.06. The maximum atomic E-state index is 14.4.